The minimum atomic E-state index is -0.326. The van der Waals surface area contributed by atoms with Crippen molar-refractivity contribution >= 4 is 12.0 Å². The first-order valence-corrected chi connectivity index (χ1v) is 15.6. The average molecular weight is 597 g/mol. The number of piperidine rings is 1. The fourth-order valence-corrected chi connectivity index (χ4v) is 5.93. The summed E-state index contributed by atoms with van der Waals surface area (Å²) in [4.78, 5) is 29.2. The van der Waals surface area contributed by atoms with Crippen LogP contribution in [0.15, 0.2) is 67.5 Å². The Hall–Kier alpha value is -4.24. The normalized spacial score (nSPS) is 14.5. The first-order valence-electron chi connectivity index (χ1n) is 15.6. The number of carbonyl (C=O) groups is 1. The number of aromatic nitrogens is 5. The Labute approximate surface area is 258 Å². The Morgan fingerprint density at radius 2 is 1.80 bits per heavy atom. The van der Waals surface area contributed by atoms with E-state index in [2.05, 4.69) is 34.6 Å². The van der Waals surface area contributed by atoms with Crippen LogP contribution < -0.4 is 0 Å². The van der Waals surface area contributed by atoms with E-state index in [0.717, 1.165) is 67.5 Å². The third-order valence-electron chi connectivity index (χ3n) is 8.52. The predicted octanol–water partition coefficient (Wildman–Crippen LogP) is 6.32. The molecule has 0 saturated carbocycles. The molecule has 1 N–H and O–H groups in total. The van der Waals surface area contributed by atoms with Gasteiger partial charge in [0, 0.05) is 48.1 Å². The Balaban J connectivity index is 1.21. The van der Waals surface area contributed by atoms with Crippen molar-refractivity contribution in [3.8, 4) is 22.8 Å². The van der Waals surface area contributed by atoms with Gasteiger partial charge in [0.2, 0.25) is 5.91 Å². The number of halogens is 1. The molecular formula is C35H41FN6O2. The molecule has 0 radical (unpaired) electrons. The van der Waals surface area contributed by atoms with Crippen molar-refractivity contribution < 1.29 is 14.3 Å². The Morgan fingerprint density at radius 3 is 2.48 bits per heavy atom. The average Bonchev–Trinajstić information content (AvgIpc) is 3.48. The van der Waals surface area contributed by atoms with Crippen LogP contribution in [0.1, 0.15) is 68.3 Å². The third-order valence-corrected chi connectivity index (χ3v) is 8.52. The molecular weight excluding hydrogens is 555 g/mol. The summed E-state index contributed by atoms with van der Waals surface area (Å²) in [6.45, 7) is 7.63. The Kier molecular flexibility index (Phi) is 10.6. The molecule has 2 aromatic heterocycles. The molecule has 3 heterocycles. The molecule has 44 heavy (non-hydrogen) atoms. The molecule has 0 bridgehead atoms. The van der Waals surface area contributed by atoms with Crippen molar-refractivity contribution in [2.24, 2.45) is 5.92 Å². The number of aryl methyl sites for hydroxylation is 1. The molecule has 1 aliphatic heterocycles. The van der Waals surface area contributed by atoms with Crippen LogP contribution in [0.25, 0.3) is 28.9 Å². The lowest BCUT2D eigenvalue weighted by molar-refractivity contribution is -0.133. The van der Waals surface area contributed by atoms with Gasteiger partial charge in [-0.15, -0.1) is 5.10 Å². The van der Waals surface area contributed by atoms with Crippen LogP contribution in [-0.2, 0) is 17.8 Å². The Bertz CT molecular complexity index is 1520. The van der Waals surface area contributed by atoms with E-state index >= 15 is 0 Å². The van der Waals surface area contributed by atoms with Crippen LogP contribution in [0, 0.1) is 11.7 Å². The van der Waals surface area contributed by atoms with E-state index in [1.807, 2.05) is 29.2 Å². The highest BCUT2D eigenvalue weighted by Gasteiger charge is 2.25. The fourth-order valence-electron chi connectivity index (χ4n) is 5.93. The van der Waals surface area contributed by atoms with E-state index < -0.39 is 0 Å². The molecule has 1 saturated heterocycles. The predicted molar refractivity (Wildman–Crippen MR) is 170 cm³/mol. The summed E-state index contributed by atoms with van der Waals surface area (Å²) in [5, 5.41) is 14.1. The van der Waals surface area contributed by atoms with Gasteiger partial charge in [-0.1, -0.05) is 50.3 Å². The summed E-state index contributed by atoms with van der Waals surface area (Å²) < 4.78 is 15.2. The van der Waals surface area contributed by atoms with Crippen molar-refractivity contribution in [2.45, 2.75) is 64.3 Å². The number of rotatable bonds is 13. The monoisotopic (exact) mass is 596 g/mol. The van der Waals surface area contributed by atoms with Crippen LogP contribution in [0.2, 0.25) is 0 Å². The maximum atomic E-state index is 13.5. The molecule has 1 amide bonds. The second kappa shape index (κ2) is 15.0. The molecule has 1 unspecified atom stereocenters. The maximum Gasteiger partial charge on any atom is 0.244 e. The number of aliphatic hydroxyl groups excluding tert-OH is 1. The number of hydrogen-bond acceptors (Lipinski definition) is 6. The van der Waals surface area contributed by atoms with Gasteiger partial charge < -0.3 is 10.0 Å². The van der Waals surface area contributed by atoms with Crippen molar-refractivity contribution in [1.82, 2.24) is 29.6 Å². The summed E-state index contributed by atoms with van der Waals surface area (Å²) in [6, 6.07) is 16.0. The molecule has 230 valence electrons. The number of carbonyl (C=O) groups excluding carboxylic acids is 1. The lowest BCUT2D eigenvalue weighted by Crippen LogP contribution is -2.40. The number of aliphatic hydroxyl groups is 1. The standard InChI is InChI=1S/C35H41FN6O2/c1-3-5-27(18-21-43)32-22-31(37-24-38-32)15-8-26-16-19-41(20-17-26)33(44)23-42-35(29-9-6-25(4-2)7-10-29)39-34(40-42)28-11-13-30(36)14-12-28/h4,6-7,9-14,22,24,26-27,43H,2-3,5,8,15-21,23H2,1H3. The van der Waals surface area contributed by atoms with Gasteiger partial charge in [0.15, 0.2) is 11.6 Å². The van der Waals surface area contributed by atoms with E-state index in [1.54, 1.807) is 29.2 Å². The van der Waals surface area contributed by atoms with E-state index in [-0.39, 0.29) is 30.8 Å². The fraction of sp³-hybridized carbons (Fsp3) is 0.400. The molecule has 8 nitrogen and oxygen atoms in total. The van der Waals surface area contributed by atoms with Gasteiger partial charge in [-0.05, 0) is 80.3 Å². The van der Waals surface area contributed by atoms with E-state index in [1.165, 1.54) is 12.1 Å². The van der Waals surface area contributed by atoms with Crippen LogP contribution in [-0.4, -0.2) is 60.3 Å². The number of likely N-dealkylation sites (tertiary alicyclic amines) is 1. The van der Waals surface area contributed by atoms with Crippen molar-refractivity contribution in [1.29, 1.82) is 0 Å². The second-order valence-corrected chi connectivity index (χ2v) is 11.5. The van der Waals surface area contributed by atoms with Crippen molar-refractivity contribution in [2.75, 3.05) is 19.7 Å². The zero-order valence-corrected chi connectivity index (χ0v) is 25.4. The topological polar surface area (TPSA) is 97.0 Å². The van der Waals surface area contributed by atoms with Crippen LogP contribution in [0.4, 0.5) is 4.39 Å². The molecule has 5 rings (SSSR count). The van der Waals surface area contributed by atoms with Gasteiger partial charge in [-0.3, -0.25) is 4.79 Å². The largest absolute Gasteiger partial charge is 0.396 e. The molecule has 2 aromatic carbocycles. The van der Waals surface area contributed by atoms with Gasteiger partial charge in [0.25, 0.3) is 0 Å². The molecule has 9 heteroatoms. The van der Waals surface area contributed by atoms with E-state index in [9.17, 15) is 14.3 Å². The quantitative estimate of drug-likeness (QED) is 0.194. The van der Waals surface area contributed by atoms with E-state index in [0.29, 0.717) is 36.2 Å². The number of nitrogens with zero attached hydrogens (tertiary/aromatic N) is 6. The second-order valence-electron chi connectivity index (χ2n) is 11.5. The number of hydrogen-bond donors (Lipinski definition) is 1. The molecule has 0 aliphatic carbocycles. The SMILES string of the molecule is C=Cc1ccc(-c2nc(-c3ccc(F)cc3)nn2CC(=O)N2CCC(CCc3cc(C(CCC)CCO)ncn3)CC2)cc1. The smallest absolute Gasteiger partial charge is 0.244 e. The highest BCUT2D eigenvalue weighted by atomic mass is 19.1. The minimum absolute atomic E-state index is 0.00857. The van der Waals surface area contributed by atoms with E-state index in [4.69, 9.17) is 4.98 Å². The van der Waals surface area contributed by atoms with Crippen LogP contribution in [0.3, 0.4) is 0 Å². The number of amides is 1. The summed E-state index contributed by atoms with van der Waals surface area (Å²) in [6.07, 6.45) is 10.0. The summed E-state index contributed by atoms with van der Waals surface area (Å²) in [5.41, 5.74) is 4.59. The molecule has 1 fully saturated rings. The van der Waals surface area contributed by atoms with Crippen LogP contribution >= 0.6 is 0 Å². The highest BCUT2D eigenvalue weighted by Crippen LogP contribution is 2.27. The van der Waals surface area contributed by atoms with Crippen LogP contribution in [0.5, 0.6) is 0 Å². The lowest BCUT2D eigenvalue weighted by atomic mass is 9.90. The molecule has 4 aromatic rings. The third kappa shape index (κ3) is 7.82. The molecule has 1 aliphatic rings. The highest BCUT2D eigenvalue weighted by molar-refractivity contribution is 5.77. The summed E-state index contributed by atoms with van der Waals surface area (Å²) in [5.74, 6) is 1.51. The summed E-state index contributed by atoms with van der Waals surface area (Å²) >= 11 is 0. The van der Waals surface area contributed by atoms with Gasteiger partial charge >= 0.3 is 0 Å². The van der Waals surface area contributed by atoms with Crippen molar-refractivity contribution in [3.63, 3.8) is 0 Å². The Morgan fingerprint density at radius 1 is 1.07 bits per heavy atom. The van der Waals surface area contributed by atoms with Gasteiger partial charge in [-0.2, -0.15) is 0 Å². The maximum absolute atomic E-state index is 13.5. The number of benzene rings is 2. The van der Waals surface area contributed by atoms with Crippen molar-refractivity contribution in [3.05, 3.63) is 90.3 Å². The zero-order chi connectivity index (χ0) is 30.9. The first-order chi connectivity index (χ1) is 21.5. The zero-order valence-electron chi connectivity index (χ0n) is 25.4. The lowest BCUT2D eigenvalue weighted by Gasteiger charge is -2.32. The summed E-state index contributed by atoms with van der Waals surface area (Å²) in [7, 11) is 0. The van der Waals surface area contributed by atoms with Gasteiger partial charge in [-0.25, -0.2) is 24.0 Å². The van der Waals surface area contributed by atoms with Gasteiger partial charge in [0.05, 0.1) is 0 Å². The minimum Gasteiger partial charge on any atom is -0.396 e. The molecule has 0 spiro atoms. The first kappa shape index (κ1) is 31.2. The van der Waals surface area contributed by atoms with Gasteiger partial charge in [0.1, 0.15) is 18.7 Å². The molecule has 1 atom stereocenters.